The van der Waals surface area contributed by atoms with E-state index in [2.05, 4.69) is 41.4 Å². The molecule has 2 aliphatic heterocycles. The van der Waals surface area contributed by atoms with Crippen LogP contribution in [0.1, 0.15) is 70.9 Å². The normalized spacial score (nSPS) is 16.7. The number of aliphatic carboxylic acids is 1. The molecule has 0 aromatic heterocycles. The number of hydrogen-bond donors (Lipinski definition) is 3. The molecular formula is C55H85N2O19S2+. The quantitative estimate of drug-likeness (QED) is 0.0111. The lowest BCUT2D eigenvalue weighted by Crippen LogP contribution is -2.30. The number of unbranched alkanes of at least 4 members (excludes halogenated alkanes) is 2. The summed E-state index contributed by atoms with van der Waals surface area (Å²) in [5.74, 6) is -0.802. The molecule has 0 fully saturated rings. The van der Waals surface area contributed by atoms with Crippen LogP contribution in [-0.2, 0) is 87.2 Å². The van der Waals surface area contributed by atoms with E-state index in [0.29, 0.717) is 165 Å². The predicted octanol–water partition coefficient (Wildman–Crippen LogP) is 7.38. The fourth-order valence-electron chi connectivity index (χ4n) is 8.88. The van der Waals surface area contributed by atoms with Crippen LogP contribution in [0.4, 0.5) is 11.4 Å². The molecule has 440 valence electrons. The smallest absolute Gasteiger partial charge is 0.303 e. The largest absolute Gasteiger partial charge is 0.481 e. The first-order valence-electron chi connectivity index (χ1n) is 26.7. The summed E-state index contributed by atoms with van der Waals surface area (Å²) in [6, 6.07) is 10.6. The Morgan fingerprint density at radius 1 is 0.654 bits per heavy atom. The van der Waals surface area contributed by atoms with Crippen molar-refractivity contribution >= 4 is 45.2 Å². The van der Waals surface area contributed by atoms with Crippen LogP contribution in [-0.4, -0.2) is 199 Å². The molecule has 2 aromatic rings. The average molecular weight is 1140 g/mol. The van der Waals surface area contributed by atoms with Gasteiger partial charge in [0.15, 0.2) is 5.71 Å². The van der Waals surface area contributed by atoms with Crippen LogP contribution in [0.15, 0.2) is 82.3 Å². The van der Waals surface area contributed by atoms with Crippen molar-refractivity contribution in [3.63, 3.8) is 0 Å². The van der Waals surface area contributed by atoms with Crippen molar-refractivity contribution in [1.29, 1.82) is 0 Å². The lowest BCUT2D eigenvalue weighted by molar-refractivity contribution is -0.438. The van der Waals surface area contributed by atoms with Crippen molar-refractivity contribution in [3.8, 4) is 0 Å². The van der Waals surface area contributed by atoms with E-state index >= 15 is 0 Å². The van der Waals surface area contributed by atoms with E-state index in [0.717, 1.165) is 63.7 Å². The summed E-state index contributed by atoms with van der Waals surface area (Å²) in [5.41, 5.74) is 4.65. The molecule has 2 aliphatic rings. The second-order valence-electron chi connectivity index (χ2n) is 18.7. The molecule has 1 atom stereocenters. The topological polar surface area (TPSA) is 238 Å². The maximum atomic E-state index is 12.3. The van der Waals surface area contributed by atoms with Gasteiger partial charge in [-0.05, 0) is 88.9 Å². The lowest BCUT2D eigenvalue weighted by Gasteiger charge is -2.30. The minimum absolute atomic E-state index is 0.131. The number of allylic oxidation sites excluding steroid dienone is 6. The number of nitrogens with zero attached hydrogens (tertiary/aromatic N) is 2. The Bertz CT molecular complexity index is 2280. The van der Waals surface area contributed by atoms with Crippen LogP contribution < -0.4 is 4.90 Å². The molecule has 3 N–H and O–H groups in total. The van der Waals surface area contributed by atoms with Gasteiger partial charge in [-0.3, -0.25) is 9.35 Å². The summed E-state index contributed by atoms with van der Waals surface area (Å²) < 4.78 is 102. The maximum Gasteiger partial charge on any atom is 0.303 e. The maximum absolute atomic E-state index is 12.3. The van der Waals surface area contributed by atoms with Crippen LogP contribution in [0.25, 0.3) is 0 Å². The molecular weight excluding hydrogens is 1060 g/mol. The number of anilines is 1. The van der Waals surface area contributed by atoms with Crippen molar-refractivity contribution in [1.82, 2.24) is 0 Å². The van der Waals surface area contributed by atoms with Gasteiger partial charge < -0.3 is 62.1 Å². The molecule has 23 heteroatoms. The molecule has 1 unspecified atom stereocenters. The van der Waals surface area contributed by atoms with Gasteiger partial charge in [0.1, 0.15) is 6.54 Å². The highest BCUT2D eigenvalue weighted by molar-refractivity contribution is 7.94. The zero-order valence-corrected chi connectivity index (χ0v) is 47.9. The van der Waals surface area contributed by atoms with Gasteiger partial charge in [0, 0.05) is 72.5 Å². The van der Waals surface area contributed by atoms with Crippen molar-refractivity contribution in [3.05, 3.63) is 83.6 Å². The van der Waals surface area contributed by atoms with Gasteiger partial charge in [-0.25, -0.2) is 5.26 Å². The Morgan fingerprint density at radius 2 is 1.17 bits per heavy atom. The van der Waals surface area contributed by atoms with Crippen LogP contribution in [0, 0.1) is 0 Å². The minimum atomic E-state index is -4.46. The van der Waals surface area contributed by atoms with E-state index in [4.69, 9.17) is 66.8 Å². The lowest BCUT2D eigenvalue weighted by atomic mass is 9.78. The van der Waals surface area contributed by atoms with Crippen LogP contribution in [0.2, 0.25) is 0 Å². The highest BCUT2D eigenvalue weighted by atomic mass is 32.2. The number of hydrogen-bond acceptors (Lipinski definition) is 19. The van der Waals surface area contributed by atoms with E-state index in [-0.39, 0.29) is 11.3 Å². The number of benzene rings is 2. The van der Waals surface area contributed by atoms with Gasteiger partial charge in [-0.1, -0.05) is 23.3 Å². The van der Waals surface area contributed by atoms with Crippen LogP contribution >= 0.6 is 12.0 Å². The first-order chi connectivity index (χ1) is 37.8. The molecule has 0 saturated heterocycles. The van der Waals surface area contributed by atoms with Crippen molar-refractivity contribution in [2.75, 3.05) is 164 Å². The molecule has 0 amide bonds. The molecule has 21 nitrogen and oxygen atoms in total. The molecule has 78 heavy (non-hydrogen) atoms. The van der Waals surface area contributed by atoms with Crippen molar-refractivity contribution in [2.45, 2.75) is 80.4 Å². The summed E-state index contributed by atoms with van der Waals surface area (Å²) in [6.07, 6.45) is 12.9. The second-order valence-corrected chi connectivity index (χ2v) is 20.9. The van der Waals surface area contributed by atoms with Gasteiger partial charge in [0.25, 0.3) is 10.1 Å². The number of ether oxygens (including phenoxy) is 11. The summed E-state index contributed by atoms with van der Waals surface area (Å²) in [7, 11) is -2.82. The van der Waals surface area contributed by atoms with Crippen LogP contribution in [0.5, 0.6) is 0 Å². The standard InChI is InChI=1S/C55H84N2O19S2/c1-6-56-50-19-17-46(78(61,62)63)44-48(50)55(4,52(56)14-10-7-9-13-51-54(2,3)47-43-45(77-76-75-60)16-18-49(47)57(51)21-12-8-11-15-53(58)59)20-22-65-25-26-67-29-30-69-33-34-71-37-38-73-41-42-74-40-39-72-36-35-70-32-31-68-28-27-66-24-23-64-5/h7,9-10,13-14,16-19,43-44H,6,8,11-12,15,20-42H2,1-5H3,(H2-,58,59,60,61,62,63)/p+1. The highest BCUT2D eigenvalue weighted by Crippen LogP contribution is 2.50. The first-order valence-corrected chi connectivity index (χ1v) is 28.8. The van der Waals surface area contributed by atoms with Gasteiger partial charge >= 0.3 is 5.97 Å². The number of carboxylic acid groups (broad SMARTS) is 1. The third kappa shape index (κ3) is 23.4. The number of carboxylic acids is 1. The number of likely N-dealkylation sites (N-methyl/N-ethyl adjacent to an activating group) is 1. The third-order valence-corrected chi connectivity index (χ3v) is 14.3. The van der Waals surface area contributed by atoms with E-state index in [1.54, 1.807) is 19.2 Å². The first kappa shape index (κ1) is 66.8. The van der Waals surface area contributed by atoms with E-state index < -0.39 is 26.9 Å². The molecule has 0 radical (unpaired) electrons. The molecule has 0 aliphatic carbocycles. The van der Waals surface area contributed by atoms with E-state index in [1.807, 2.05) is 49.4 Å². The zero-order valence-electron chi connectivity index (χ0n) is 46.2. The van der Waals surface area contributed by atoms with Gasteiger partial charge in [-0.2, -0.15) is 13.0 Å². The third-order valence-electron chi connectivity index (χ3n) is 12.9. The number of methoxy groups -OCH3 is 1. The number of fused-ring (bicyclic) bond motifs is 2. The SMILES string of the molecule is CCN1C(=CC=CC=CC2=[N+](CCCCCC(=O)O)c3ccc(SOOO)cc3C2(C)C)C(C)(CCOCCOCCOCCOCCOCCOCCOCCOCCOCCOCCOC)c2cc(S(=O)(=O)O)ccc21. The zero-order chi connectivity index (χ0) is 56.3. The fourth-order valence-corrected chi connectivity index (χ4v) is 9.78. The summed E-state index contributed by atoms with van der Waals surface area (Å²) in [6.45, 7) is 19.4. The molecule has 2 heterocycles. The molecule has 0 saturated carbocycles. The average Bonchev–Trinajstić information content (AvgIpc) is 4.01. The monoisotopic (exact) mass is 1140 g/mol. The Morgan fingerprint density at radius 3 is 1.64 bits per heavy atom. The molecule has 0 spiro atoms. The fraction of sp³-hybridized carbons (Fsp3) is 0.636. The van der Waals surface area contributed by atoms with Crippen molar-refractivity contribution in [2.24, 2.45) is 0 Å². The van der Waals surface area contributed by atoms with Crippen LogP contribution in [0.3, 0.4) is 0 Å². The highest BCUT2D eigenvalue weighted by Gasteiger charge is 2.45. The molecule has 4 rings (SSSR count). The van der Waals surface area contributed by atoms with Gasteiger partial charge in [-0.15, -0.1) is 4.33 Å². The summed E-state index contributed by atoms with van der Waals surface area (Å²) >= 11 is 0.901. The second kappa shape index (κ2) is 38.1. The Kier molecular flexibility index (Phi) is 32.6. The van der Waals surface area contributed by atoms with Gasteiger partial charge in [0.05, 0.1) is 154 Å². The number of carbonyl (C=O) groups is 1. The van der Waals surface area contributed by atoms with Gasteiger partial charge in [0.2, 0.25) is 5.69 Å². The summed E-state index contributed by atoms with van der Waals surface area (Å²) in [5, 5.41) is 21.7. The Hall–Kier alpha value is -3.70. The summed E-state index contributed by atoms with van der Waals surface area (Å²) in [4.78, 5) is 13.9. The number of rotatable bonds is 47. The van der Waals surface area contributed by atoms with E-state index in [1.165, 1.54) is 6.07 Å². The Balaban J connectivity index is 1.15. The van der Waals surface area contributed by atoms with Crippen molar-refractivity contribution < 1.29 is 94.2 Å². The van der Waals surface area contributed by atoms with E-state index in [9.17, 15) is 17.8 Å². The Labute approximate surface area is 465 Å². The minimum Gasteiger partial charge on any atom is -0.481 e. The molecule has 0 bridgehead atoms. The molecule has 2 aromatic carbocycles. The predicted molar refractivity (Wildman–Crippen MR) is 294 cm³/mol.